The van der Waals surface area contributed by atoms with Gasteiger partial charge in [-0.15, -0.1) is 0 Å². The molecule has 80 valence electrons. The predicted octanol–water partition coefficient (Wildman–Crippen LogP) is -0.651. The van der Waals surface area contributed by atoms with Crippen molar-refractivity contribution in [3.05, 3.63) is 28.2 Å². The molecule has 8 heteroatoms. The summed E-state index contributed by atoms with van der Waals surface area (Å²) in [4.78, 5) is 0. The summed E-state index contributed by atoms with van der Waals surface area (Å²) in [6.45, 7) is 0. The second-order valence-electron chi connectivity index (χ2n) is 2.54. The maximum absolute atomic E-state index is 10.8. The molecule has 1 aromatic rings. The normalized spacial score (nSPS) is 10.7. The van der Waals surface area contributed by atoms with E-state index in [1.807, 2.05) is 0 Å². The first-order valence-corrected chi connectivity index (χ1v) is 5.64. The summed E-state index contributed by atoms with van der Waals surface area (Å²) in [5.74, 6) is 0. The van der Waals surface area contributed by atoms with Crippen LogP contribution in [0.1, 0.15) is 1.43 Å². The van der Waals surface area contributed by atoms with Crippen LogP contribution in [0.15, 0.2) is 18.2 Å². The molecule has 0 bridgehead atoms. The molecule has 0 spiro atoms. The average Bonchev–Trinajstić information content (AvgIpc) is 2.01. The van der Waals surface area contributed by atoms with E-state index in [1.165, 1.54) is 25.2 Å². The Hall–Kier alpha value is 0.510. The van der Waals surface area contributed by atoms with E-state index in [9.17, 15) is 8.42 Å². The summed E-state index contributed by atoms with van der Waals surface area (Å²) >= 11 is 11.3. The Balaban J connectivity index is 0. The average molecular weight is 280 g/mol. The van der Waals surface area contributed by atoms with E-state index < -0.39 is 10.3 Å². The number of nitrogens with zero attached hydrogens (tertiary/aromatic N) is 1. The minimum absolute atomic E-state index is 0. The molecule has 0 aliphatic carbocycles. The van der Waals surface area contributed by atoms with Gasteiger partial charge in [0.1, 0.15) is 0 Å². The van der Waals surface area contributed by atoms with E-state index in [0.29, 0.717) is 9.33 Å². The fraction of sp³-hybridized carbons (Fsp3) is 0.143. The van der Waals surface area contributed by atoms with Crippen molar-refractivity contribution in [1.29, 1.82) is 0 Å². The molecule has 0 saturated heterocycles. The van der Waals surface area contributed by atoms with Gasteiger partial charge in [0, 0.05) is 12.1 Å². The number of hydrogen-bond donors (Lipinski definition) is 1. The largest absolute Gasteiger partial charge is 1.00 e. The van der Waals surface area contributed by atoms with Crippen LogP contribution in [-0.2, 0) is 10.3 Å². The van der Waals surface area contributed by atoms with Gasteiger partial charge in [-0.1, -0.05) is 23.2 Å². The summed E-state index contributed by atoms with van der Waals surface area (Å²) in [5.41, 5.74) is 0.165. The van der Waals surface area contributed by atoms with Crippen LogP contribution in [-0.4, -0.2) is 20.0 Å². The van der Waals surface area contributed by atoms with E-state index in [4.69, 9.17) is 27.8 Å². The maximum Gasteiger partial charge on any atom is 1.00 e. The molecule has 0 atom stereocenters. The SMILES string of the molecule is CN(c1ccc(Cl)cc1Cl)S(=O)(=O)O.[H-].[Na+]. The van der Waals surface area contributed by atoms with Crippen LogP contribution in [0.3, 0.4) is 0 Å². The molecule has 1 rings (SSSR count). The topological polar surface area (TPSA) is 57.6 Å². The molecule has 0 heterocycles. The summed E-state index contributed by atoms with van der Waals surface area (Å²) in [5, 5.41) is 0.542. The first kappa shape index (κ1) is 15.5. The Morgan fingerprint density at radius 2 is 1.93 bits per heavy atom. The van der Waals surface area contributed by atoms with Crippen molar-refractivity contribution in [1.82, 2.24) is 0 Å². The molecule has 15 heavy (non-hydrogen) atoms. The molecule has 4 nitrogen and oxygen atoms in total. The van der Waals surface area contributed by atoms with Gasteiger partial charge in [-0.25, -0.2) is 4.31 Å². The summed E-state index contributed by atoms with van der Waals surface area (Å²) in [6.07, 6.45) is 0. The van der Waals surface area contributed by atoms with Gasteiger partial charge in [0.15, 0.2) is 0 Å². The van der Waals surface area contributed by atoms with Gasteiger partial charge >= 0.3 is 39.9 Å². The van der Waals surface area contributed by atoms with Gasteiger partial charge in [0.05, 0.1) is 10.7 Å². The third-order valence-corrected chi connectivity index (χ3v) is 3.02. The molecule has 0 radical (unpaired) electrons. The van der Waals surface area contributed by atoms with Crippen molar-refractivity contribution in [3.63, 3.8) is 0 Å². The van der Waals surface area contributed by atoms with Crippen LogP contribution in [0.4, 0.5) is 5.69 Å². The molecule has 0 aromatic heterocycles. The maximum atomic E-state index is 10.8. The molecular weight excluding hydrogens is 272 g/mol. The van der Waals surface area contributed by atoms with E-state index in [0.717, 1.165) is 0 Å². The zero-order valence-electron chi connectivity index (χ0n) is 9.11. The Kier molecular flexibility index (Phi) is 5.92. The minimum Gasteiger partial charge on any atom is -1.00 e. The fourth-order valence-electron chi connectivity index (χ4n) is 0.861. The Bertz CT molecular complexity index is 457. The molecule has 0 saturated carbocycles. The van der Waals surface area contributed by atoms with E-state index in [2.05, 4.69) is 0 Å². The predicted molar refractivity (Wildman–Crippen MR) is 57.5 cm³/mol. The third-order valence-electron chi connectivity index (χ3n) is 1.60. The molecule has 0 fully saturated rings. The number of benzene rings is 1. The first-order chi connectivity index (χ1) is 6.32. The van der Waals surface area contributed by atoms with E-state index in [-0.39, 0.29) is 41.7 Å². The Morgan fingerprint density at radius 1 is 1.40 bits per heavy atom. The van der Waals surface area contributed by atoms with Crippen LogP contribution in [0.25, 0.3) is 0 Å². The smallest absolute Gasteiger partial charge is 1.00 e. The third kappa shape index (κ3) is 4.11. The number of hydrogen-bond acceptors (Lipinski definition) is 2. The van der Waals surface area contributed by atoms with Gasteiger partial charge in [-0.05, 0) is 18.2 Å². The van der Waals surface area contributed by atoms with Crippen molar-refractivity contribution in [2.45, 2.75) is 0 Å². The summed E-state index contributed by atoms with van der Waals surface area (Å²) in [6, 6.07) is 4.27. The van der Waals surface area contributed by atoms with Crippen molar-refractivity contribution in [2.75, 3.05) is 11.4 Å². The Labute approximate surface area is 122 Å². The van der Waals surface area contributed by atoms with Crippen molar-refractivity contribution >= 4 is 39.2 Å². The van der Waals surface area contributed by atoms with Crippen molar-refractivity contribution < 1.29 is 44.0 Å². The fourth-order valence-corrected chi connectivity index (χ4v) is 1.85. The zero-order chi connectivity index (χ0) is 10.9. The number of anilines is 1. The van der Waals surface area contributed by atoms with Gasteiger partial charge < -0.3 is 1.43 Å². The van der Waals surface area contributed by atoms with Gasteiger partial charge in [-0.3, -0.25) is 4.55 Å². The summed E-state index contributed by atoms with van der Waals surface area (Å²) in [7, 11) is -3.10. The van der Waals surface area contributed by atoms with Crippen LogP contribution in [0.2, 0.25) is 10.0 Å². The van der Waals surface area contributed by atoms with Gasteiger partial charge in [-0.2, -0.15) is 8.42 Å². The first-order valence-electron chi connectivity index (χ1n) is 3.49. The van der Waals surface area contributed by atoms with Crippen LogP contribution < -0.4 is 33.9 Å². The molecule has 1 aromatic carbocycles. The van der Waals surface area contributed by atoms with Crippen molar-refractivity contribution in [3.8, 4) is 0 Å². The van der Waals surface area contributed by atoms with Crippen molar-refractivity contribution in [2.24, 2.45) is 0 Å². The molecule has 0 aliphatic heterocycles. The van der Waals surface area contributed by atoms with Crippen LogP contribution in [0, 0.1) is 0 Å². The number of rotatable bonds is 2. The van der Waals surface area contributed by atoms with Gasteiger partial charge in [0.25, 0.3) is 0 Å². The minimum atomic E-state index is -4.29. The number of halogens is 2. The quantitative estimate of drug-likeness (QED) is 0.578. The molecule has 0 unspecified atom stereocenters. The van der Waals surface area contributed by atoms with E-state index in [1.54, 1.807) is 0 Å². The van der Waals surface area contributed by atoms with Crippen LogP contribution in [0.5, 0.6) is 0 Å². The molecular formula is C7H8Cl2NNaO3S. The molecule has 0 amide bonds. The summed E-state index contributed by atoms with van der Waals surface area (Å²) < 4.78 is 30.9. The molecule has 1 N–H and O–H groups in total. The van der Waals surface area contributed by atoms with Crippen LogP contribution >= 0.6 is 23.2 Å². The van der Waals surface area contributed by atoms with Gasteiger partial charge in [0.2, 0.25) is 0 Å². The second-order valence-corrected chi connectivity index (χ2v) is 4.83. The second kappa shape index (κ2) is 5.72. The standard InChI is InChI=1S/C7H7Cl2NO3S.Na.H/c1-10(14(11,12)13)7-3-2-5(8)4-6(7)9;;/h2-4H,1H3,(H,11,12,13);;/q;+1;-1. The zero-order valence-corrected chi connectivity index (χ0v) is 12.4. The van der Waals surface area contributed by atoms with E-state index >= 15 is 0 Å². The molecule has 0 aliphatic rings. The Morgan fingerprint density at radius 3 is 2.33 bits per heavy atom. The monoisotopic (exact) mass is 279 g/mol.